The number of para-hydroxylation sites is 1. The summed E-state index contributed by atoms with van der Waals surface area (Å²) in [5, 5.41) is 10.2. The van der Waals surface area contributed by atoms with Gasteiger partial charge in [-0.25, -0.2) is 4.79 Å². The highest BCUT2D eigenvalue weighted by molar-refractivity contribution is 5.99. The maximum absolute atomic E-state index is 11.6. The molecule has 0 spiro atoms. The van der Waals surface area contributed by atoms with Gasteiger partial charge < -0.3 is 14.8 Å². The number of esters is 1. The summed E-state index contributed by atoms with van der Waals surface area (Å²) >= 11 is 0. The highest BCUT2D eigenvalue weighted by Gasteiger charge is 2.34. The van der Waals surface area contributed by atoms with Crippen molar-refractivity contribution in [3.05, 3.63) is 45.7 Å². The smallest absolute Gasteiger partial charge is 0.346 e. The molecule has 1 aliphatic rings. The number of ether oxygens (including phenoxy) is 1. The number of carbonyl (C=O) groups excluding carboxylic acids is 1. The fraction of sp³-hybridized carbons (Fsp3) is 0.0909. The molecule has 0 unspecified atom stereocenters. The first-order valence-electron chi connectivity index (χ1n) is 4.72. The van der Waals surface area contributed by atoms with Crippen molar-refractivity contribution in [3.63, 3.8) is 0 Å². The van der Waals surface area contributed by atoms with Crippen molar-refractivity contribution >= 4 is 16.9 Å². The molecule has 0 saturated carbocycles. The number of benzene rings is 1. The number of aliphatic hydroxyl groups excluding tert-OH is 1. The zero-order valence-corrected chi connectivity index (χ0v) is 8.06. The summed E-state index contributed by atoms with van der Waals surface area (Å²) < 4.78 is 4.62. The molecule has 1 aromatic heterocycles. The van der Waals surface area contributed by atoms with E-state index in [9.17, 15) is 14.7 Å². The first-order chi connectivity index (χ1) is 7.68. The van der Waals surface area contributed by atoms with E-state index in [4.69, 9.17) is 0 Å². The maximum Gasteiger partial charge on any atom is 0.346 e. The second kappa shape index (κ2) is 2.93. The molecule has 2 aromatic rings. The highest BCUT2D eigenvalue weighted by Crippen LogP contribution is 2.31. The average Bonchev–Trinajstić information content (AvgIpc) is 2.55. The van der Waals surface area contributed by atoms with Gasteiger partial charge in [0.2, 0.25) is 6.29 Å². The summed E-state index contributed by atoms with van der Waals surface area (Å²) in [6, 6.07) is 6.94. The van der Waals surface area contributed by atoms with Crippen LogP contribution in [0.1, 0.15) is 22.2 Å². The van der Waals surface area contributed by atoms with Crippen LogP contribution < -0.4 is 5.56 Å². The normalized spacial score (nSPS) is 18.6. The molecule has 2 N–H and O–H groups in total. The van der Waals surface area contributed by atoms with Crippen molar-refractivity contribution in [2.45, 2.75) is 6.29 Å². The van der Waals surface area contributed by atoms with Crippen molar-refractivity contribution in [1.82, 2.24) is 4.98 Å². The van der Waals surface area contributed by atoms with Crippen molar-refractivity contribution in [2.75, 3.05) is 0 Å². The molecular weight excluding hydrogens is 210 g/mol. The molecule has 80 valence electrons. The van der Waals surface area contributed by atoms with Gasteiger partial charge in [-0.05, 0) is 6.07 Å². The lowest BCUT2D eigenvalue weighted by atomic mass is 10.0. The minimum atomic E-state index is -1.35. The Hall–Kier alpha value is -2.14. The van der Waals surface area contributed by atoms with Crippen molar-refractivity contribution in [1.29, 1.82) is 0 Å². The van der Waals surface area contributed by atoms with E-state index in [0.29, 0.717) is 10.9 Å². The third kappa shape index (κ3) is 1.03. The molecule has 0 aliphatic carbocycles. The number of hydrogen-bond donors (Lipinski definition) is 2. The van der Waals surface area contributed by atoms with Crippen LogP contribution in [0.5, 0.6) is 0 Å². The van der Waals surface area contributed by atoms with Crippen LogP contribution in [0, 0.1) is 0 Å². The van der Waals surface area contributed by atoms with Crippen molar-refractivity contribution in [2.24, 2.45) is 0 Å². The number of pyridine rings is 1. The molecule has 0 radical (unpaired) electrons. The number of nitrogens with one attached hydrogen (secondary N) is 1. The first-order valence-corrected chi connectivity index (χ1v) is 4.72. The second-order valence-electron chi connectivity index (χ2n) is 3.55. The summed E-state index contributed by atoms with van der Waals surface area (Å²) in [7, 11) is 0. The third-order valence-corrected chi connectivity index (χ3v) is 2.63. The van der Waals surface area contributed by atoms with E-state index in [0.717, 1.165) is 0 Å². The lowest BCUT2D eigenvalue weighted by Crippen LogP contribution is -2.16. The Morgan fingerprint density at radius 1 is 1.25 bits per heavy atom. The van der Waals surface area contributed by atoms with E-state index in [1.54, 1.807) is 24.3 Å². The van der Waals surface area contributed by atoms with Gasteiger partial charge >= 0.3 is 5.97 Å². The number of aromatic amines is 1. The van der Waals surface area contributed by atoms with Gasteiger partial charge in [0.05, 0.1) is 0 Å². The van der Waals surface area contributed by atoms with Crippen LogP contribution >= 0.6 is 0 Å². The standard InChI is InChI=1S/C11H7NO4/c13-9-8-7(10(14)16-11(8)15)5-3-1-2-4-6(5)12-9/h1-4,10,14H,(H,12,13)/t10-/m0/s1. The van der Waals surface area contributed by atoms with Gasteiger partial charge in [-0.1, -0.05) is 18.2 Å². The SMILES string of the molecule is O=C1O[C@H](O)c2c1c(=O)[nH]c1ccccc21. The number of aliphatic hydroxyl groups is 1. The van der Waals surface area contributed by atoms with Crippen LogP contribution in [0.15, 0.2) is 29.1 Å². The summed E-state index contributed by atoms with van der Waals surface area (Å²) in [4.78, 5) is 25.5. The lowest BCUT2D eigenvalue weighted by molar-refractivity contribution is -0.0540. The number of rotatable bonds is 0. The van der Waals surface area contributed by atoms with Gasteiger partial charge in [-0.3, -0.25) is 4.79 Å². The van der Waals surface area contributed by atoms with Gasteiger partial charge in [-0.2, -0.15) is 0 Å². The van der Waals surface area contributed by atoms with E-state index in [-0.39, 0.29) is 11.1 Å². The number of aromatic nitrogens is 1. The van der Waals surface area contributed by atoms with E-state index in [1.165, 1.54) is 0 Å². The maximum atomic E-state index is 11.6. The number of H-pyrrole nitrogens is 1. The van der Waals surface area contributed by atoms with Crippen molar-refractivity contribution in [3.8, 4) is 0 Å². The van der Waals surface area contributed by atoms with Gasteiger partial charge in [0, 0.05) is 16.5 Å². The number of carbonyl (C=O) groups is 1. The number of fused-ring (bicyclic) bond motifs is 3. The molecule has 2 heterocycles. The molecule has 5 nitrogen and oxygen atoms in total. The van der Waals surface area contributed by atoms with Gasteiger partial charge in [0.1, 0.15) is 5.56 Å². The molecule has 16 heavy (non-hydrogen) atoms. The Labute approximate surface area is 89.3 Å². The molecule has 0 fully saturated rings. The third-order valence-electron chi connectivity index (χ3n) is 2.63. The van der Waals surface area contributed by atoms with E-state index in [2.05, 4.69) is 9.72 Å². The molecular formula is C11H7NO4. The van der Waals surface area contributed by atoms with Crippen LogP contribution in [0.3, 0.4) is 0 Å². The average molecular weight is 217 g/mol. The van der Waals surface area contributed by atoms with Crippen LogP contribution in [0.4, 0.5) is 0 Å². The van der Waals surface area contributed by atoms with Crippen LogP contribution in [-0.4, -0.2) is 16.1 Å². The Morgan fingerprint density at radius 2 is 2.00 bits per heavy atom. The fourth-order valence-electron chi connectivity index (χ4n) is 1.95. The molecule has 1 aromatic carbocycles. The Kier molecular flexibility index (Phi) is 1.67. The predicted octanol–water partition coefficient (Wildman–Crippen LogP) is 0.689. The van der Waals surface area contributed by atoms with Crippen LogP contribution in [0.2, 0.25) is 0 Å². The minimum absolute atomic E-state index is 0.105. The van der Waals surface area contributed by atoms with Crippen LogP contribution in [-0.2, 0) is 4.74 Å². The van der Waals surface area contributed by atoms with Crippen LogP contribution in [0.25, 0.3) is 10.9 Å². The lowest BCUT2D eigenvalue weighted by Gasteiger charge is -2.05. The molecule has 3 rings (SSSR count). The molecule has 0 bridgehead atoms. The largest absolute Gasteiger partial charge is 0.428 e. The highest BCUT2D eigenvalue weighted by atomic mass is 16.6. The summed E-state index contributed by atoms with van der Waals surface area (Å²) in [6.07, 6.45) is -1.35. The van der Waals surface area contributed by atoms with E-state index >= 15 is 0 Å². The zero-order chi connectivity index (χ0) is 11.3. The minimum Gasteiger partial charge on any atom is -0.428 e. The van der Waals surface area contributed by atoms with Gasteiger partial charge in [0.15, 0.2) is 0 Å². The summed E-state index contributed by atoms with van der Waals surface area (Å²) in [6.45, 7) is 0. The summed E-state index contributed by atoms with van der Waals surface area (Å²) in [5.74, 6) is -0.783. The molecule has 5 heteroatoms. The molecule has 1 atom stereocenters. The number of hydrogen-bond acceptors (Lipinski definition) is 4. The van der Waals surface area contributed by atoms with Gasteiger partial charge in [-0.15, -0.1) is 0 Å². The molecule has 1 aliphatic heterocycles. The monoisotopic (exact) mass is 217 g/mol. The van der Waals surface area contributed by atoms with E-state index in [1.807, 2.05) is 0 Å². The van der Waals surface area contributed by atoms with E-state index < -0.39 is 17.8 Å². The summed E-state index contributed by atoms with van der Waals surface area (Å²) in [5.41, 5.74) is 0.189. The Balaban J connectivity index is 2.54. The zero-order valence-electron chi connectivity index (χ0n) is 8.06. The quantitative estimate of drug-likeness (QED) is 0.636. The number of cyclic esters (lactones) is 1. The molecule has 0 saturated heterocycles. The van der Waals surface area contributed by atoms with Crippen molar-refractivity contribution < 1.29 is 14.6 Å². The molecule has 0 amide bonds. The fourth-order valence-corrected chi connectivity index (χ4v) is 1.95. The van der Waals surface area contributed by atoms with Gasteiger partial charge in [0.25, 0.3) is 5.56 Å². The second-order valence-corrected chi connectivity index (χ2v) is 3.55. The topological polar surface area (TPSA) is 79.4 Å². The Bertz CT molecular complexity index is 659. The predicted molar refractivity (Wildman–Crippen MR) is 54.9 cm³/mol. The first kappa shape index (κ1) is 9.11. The Morgan fingerprint density at radius 3 is 2.81 bits per heavy atom.